The molecule has 2 atom stereocenters. The summed E-state index contributed by atoms with van der Waals surface area (Å²) in [7, 11) is 0. The first-order chi connectivity index (χ1) is 5.09. The Labute approximate surface area is 64.9 Å². The molecule has 1 fully saturated rings. The zero-order valence-electron chi connectivity index (χ0n) is 6.59. The van der Waals surface area contributed by atoms with E-state index in [9.17, 15) is 9.59 Å². The molecule has 0 radical (unpaired) electrons. The summed E-state index contributed by atoms with van der Waals surface area (Å²) in [6.45, 7) is 3.31. The summed E-state index contributed by atoms with van der Waals surface area (Å²) in [6.07, 6.45) is -0.0387. The standard InChI is InChI=1S/C7H11NO3/c1-4-3-6(9)8-5(2)7(10)11-4/h4-5H,3H2,1-2H3,(H,8,9). The van der Waals surface area contributed by atoms with Gasteiger partial charge >= 0.3 is 5.97 Å². The maximum absolute atomic E-state index is 10.9. The minimum Gasteiger partial charge on any atom is -0.461 e. The topological polar surface area (TPSA) is 55.4 Å². The lowest BCUT2D eigenvalue weighted by molar-refractivity contribution is -0.148. The monoisotopic (exact) mass is 157 g/mol. The third-order valence-corrected chi connectivity index (χ3v) is 1.52. The van der Waals surface area contributed by atoms with Crippen molar-refractivity contribution in [2.45, 2.75) is 32.4 Å². The fraction of sp³-hybridized carbons (Fsp3) is 0.714. The van der Waals surface area contributed by atoms with Gasteiger partial charge in [-0.2, -0.15) is 0 Å². The first kappa shape index (κ1) is 8.04. The van der Waals surface area contributed by atoms with Crippen LogP contribution in [-0.4, -0.2) is 24.0 Å². The molecule has 62 valence electrons. The molecule has 1 aliphatic rings. The van der Waals surface area contributed by atoms with Crippen LogP contribution in [0, 0.1) is 0 Å². The highest BCUT2D eigenvalue weighted by molar-refractivity contribution is 5.86. The van der Waals surface area contributed by atoms with E-state index in [0.29, 0.717) is 0 Å². The van der Waals surface area contributed by atoms with E-state index in [1.54, 1.807) is 13.8 Å². The van der Waals surface area contributed by atoms with Crippen LogP contribution in [0.4, 0.5) is 0 Å². The van der Waals surface area contributed by atoms with Gasteiger partial charge in [0.25, 0.3) is 0 Å². The molecule has 1 heterocycles. The second kappa shape index (κ2) is 2.90. The Balaban J connectivity index is 2.66. The molecule has 4 nitrogen and oxygen atoms in total. The molecule has 0 saturated carbocycles. The van der Waals surface area contributed by atoms with Crippen molar-refractivity contribution in [3.05, 3.63) is 0 Å². The second-order valence-electron chi connectivity index (χ2n) is 2.74. The quantitative estimate of drug-likeness (QED) is 0.496. The minimum atomic E-state index is -0.507. The molecule has 1 rings (SSSR count). The number of rotatable bonds is 0. The number of carbonyl (C=O) groups is 2. The van der Waals surface area contributed by atoms with Gasteiger partial charge in [0.1, 0.15) is 12.1 Å². The lowest BCUT2D eigenvalue weighted by Gasteiger charge is -2.08. The van der Waals surface area contributed by atoms with Gasteiger partial charge in [-0.15, -0.1) is 0 Å². The van der Waals surface area contributed by atoms with Crippen LogP contribution in [0.25, 0.3) is 0 Å². The number of ether oxygens (including phenoxy) is 1. The van der Waals surface area contributed by atoms with Crippen LogP contribution < -0.4 is 5.32 Å². The van der Waals surface area contributed by atoms with Crippen LogP contribution >= 0.6 is 0 Å². The number of hydrogen-bond donors (Lipinski definition) is 1. The molecule has 0 aromatic rings. The number of carbonyl (C=O) groups excluding carboxylic acids is 2. The van der Waals surface area contributed by atoms with Crippen molar-refractivity contribution in [1.82, 2.24) is 5.32 Å². The van der Waals surface area contributed by atoms with Crippen molar-refractivity contribution in [2.75, 3.05) is 0 Å². The van der Waals surface area contributed by atoms with Gasteiger partial charge in [0, 0.05) is 0 Å². The van der Waals surface area contributed by atoms with Crippen molar-refractivity contribution in [3.8, 4) is 0 Å². The largest absolute Gasteiger partial charge is 0.461 e. The van der Waals surface area contributed by atoms with E-state index in [1.165, 1.54) is 0 Å². The highest BCUT2D eigenvalue weighted by Gasteiger charge is 2.25. The maximum atomic E-state index is 10.9. The average molecular weight is 157 g/mol. The van der Waals surface area contributed by atoms with E-state index in [1.807, 2.05) is 0 Å². The van der Waals surface area contributed by atoms with E-state index in [2.05, 4.69) is 5.32 Å². The van der Waals surface area contributed by atoms with Gasteiger partial charge < -0.3 is 10.1 Å². The third kappa shape index (κ3) is 1.93. The smallest absolute Gasteiger partial charge is 0.328 e. The molecule has 1 saturated heterocycles. The van der Waals surface area contributed by atoms with Gasteiger partial charge in [-0.05, 0) is 13.8 Å². The summed E-state index contributed by atoms with van der Waals surface area (Å²) in [5.74, 6) is -0.487. The van der Waals surface area contributed by atoms with E-state index in [-0.39, 0.29) is 24.4 Å². The zero-order chi connectivity index (χ0) is 8.43. The number of amides is 1. The molecule has 0 aromatic heterocycles. The summed E-state index contributed by atoms with van der Waals surface area (Å²) in [5, 5.41) is 2.51. The molecule has 0 bridgehead atoms. The van der Waals surface area contributed by atoms with Crippen LogP contribution in [0.2, 0.25) is 0 Å². The summed E-state index contributed by atoms with van der Waals surface area (Å²) >= 11 is 0. The third-order valence-electron chi connectivity index (χ3n) is 1.52. The Kier molecular flexibility index (Phi) is 2.12. The number of cyclic esters (lactones) is 1. The molecular weight excluding hydrogens is 146 g/mol. The summed E-state index contributed by atoms with van der Waals surface area (Å²) in [6, 6.07) is -0.507. The number of hydrogen-bond acceptors (Lipinski definition) is 3. The molecule has 2 unspecified atom stereocenters. The number of esters is 1. The van der Waals surface area contributed by atoms with Crippen molar-refractivity contribution in [1.29, 1.82) is 0 Å². The van der Waals surface area contributed by atoms with E-state index >= 15 is 0 Å². The van der Waals surface area contributed by atoms with E-state index in [0.717, 1.165) is 0 Å². The Bertz CT molecular complexity index is 190. The lowest BCUT2D eigenvalue weighted by Crippen LogP contribution is -2.36. The Morgan fingerprint density at radius 2 is 2.09 bits per heavy atom. The van der Waals surface area contributed by atoms with Crippen LogP contribution in [-0.2, 0) is 14.3 Å². The average Bonchev–Trinajstić information content (AvgIpc) is 1.93. The molecule has 0 aliphatic carbocycles. The van der Waals surface area contributed by atoms with Gasteiger partial charge in [-0.25, -0.2) is 4.79 Å². The molecule has 1 aliphatic heterocycles. The molecule has 11 heavy (non-hydrogen) atoms. The first-order valence-electron chi connectivity index (χ1n) is 3.59. The molecule has 1 N–H and O–H groups in total. The van der Waals surface area contributed by atoms with Crippen molar-refractivity contribution in [3.63, 3.8) is 0 Å². The molecule has 4 heteroatoms. The lowest BCUT2D eigenvalue weighted by atomic mass is 10.3. The van der Waals surface area contributed by atoms with Crippen LogP contribution in [0.1, 0.15) is 20.3 Å². The summed E-state index contributed by atoms with van der Waals surface area (Å²) in [5.41, 5.74) is 0. The Morgan fingerprint density at radius 1 is 1.45 bits per heavy atom. The van der Waals surface area contributed by atoms with Gasteiger partial charge in [-0.3, -0.25) is 4.79 Å². The van der Waals surface area contributed by atoms with Crippen LogP contribution in [0.15, 0.2) is 0 Å². The maximum Gasteiger partial charge on any atom is 0.328 e. The van der Waals surface area contributed by atoms with Crippen LogP contribution in [0.3, 0.4) is 0 Å². The van der Waals surface area contributed by atoms with Crippen molar-refractivity contribution >= 4 is 11.9 Å². The Morgan fingerprint density at radius 3 is 2.73 bits per heavy atom. The Hall–Kier alpha value is -1.06. The fourth-order valence-electron chi connectivity index (χ4n) is 0.962. The summed E-state index contributed by atoms with van der Waals surface area (Å²) < 4.78 is 4.87. The summed E-state index contributed by atoms with van der Waals surface area (Å²) in [4.78, 5) is 21.8. The van der Waals surface area contributed by atoms with Crippen molar-refractivity contribution in [2.24, 2.45) is 0 Å². The molecule has 1 amide bonds. The molecule has 0 spiro atoms. The number of nitrogens with one attached hydrogen (secondary N) is 1. The highest BCUT2D eigenvalue weighted by atomic mass is 16.5. The van der Waals surface area contributed by atoms with Crippen LogP contribution in [0.5, 0.6) is 0 Å². The van der Waals surface area contributed by atoms with Gasteiger partial charge in [0.15, 0.2) is 0 Å². The zero-order valence-corrected chi connectivity index (χ0v) is 6.59. The minimum absolute atomic E-state index is 0.129. The predicted molar refractivity (Wildman–Crippen MR) is 37.8 cm³/mol. The SMILES string of the molecule is CC1CC(=O)NC(C)C(=O)O1. The molecule has 0 aromatic carbocycles. The van der Waals surface area contributed by atoms with E-state index in [4.69, 9.17) is 4.74 Å². The van der Waals surface area contributed by atoms with Crippen molar-refractivity contribution < 1.29 is 14.3 Å². The fourth-order valence-corrected chi connectivity index (χ4v) is 0.962. The first-order valence-corrected chi connectivity index (χ1v) is 3.59. The normalized spacial score (nSPS) is 32.2. The molecular formula is C7H11NO3. The van der Waals surface area contributed by atoms with Gasteiger partial charge in [0.05, 0.1) is 6.42 Å². The van der Waals surface area contributed by atoms with E-state index < -0.39 is 6.04 Å². The second-order valence-corrected chi connectivity index (χ2v) is 2.74. The van der Waals surface area contributed by atoms with Gasteiger partial charge in [-0.1, -0.05) is 0 Å². The highest BCUT2D eigenvalue weighted by Crippen LogP contribution is 2.04. The van der Waals surface area contributed by atoms with Gasteiger partial charge in [0.2, 0.25) is 5.91 Å². The predicted octanol–water partition coefficient (Wildman–Crippen LogP) is -0.173.